The van der Waals surface area contributed by atoms with Crippen LogP contribution in [0.1, 0.15) is 36.5 Å². The lowest BCUT2D eigenvalue weighted by Crippen LogP contribution is -2.41. The fourth-order valence-electron chi connectivity index (χ4n) is 1.23. The zero-order valence-electron chi connectivity index (χ0n) is 9.63. The summed E-state index contributed by atoms with van der Waals surface area (Å²) in [6.45, 7) is 2.00. The van der Waals surface area contributed by atoms with Crippen LogP contribution in [0.2, 0.25) is 5.02 Å². The Kier molecular flexibility index (Phi) is 5.49. The highest BCUT2D eigenvalue weighted by atomic mass is 35.5. The highest BCUT2D eigenvalue weighted by molar-refractivity contribution is 6.30. The molecule has 5 heteroatoms. The van der Waals surface area contributed by atoms with E-state index in [-0.39, 0.29) is 11.8 Å². The smallest absolute Gasteiger partial charge is 0.269 e. The van der Waals surface area contributed by atoms with Crippen LogP contribution in [0.3, 0.4) is 0 Å². The van der Waals surface area contributed by atoms with Crippen LogP contribution in [-0.4, -0.2) is 11.8 Å². The van der Waals surface area contributed by atoms with Gasteiger partial charge in [0, 0.05) is 17.0 Å². The van der Waals surface area contributed by atoms with Gasteiger partial charge in [-0.05, 0) is 24.6 Å². The van der Waals surface area contributed by atoms with Crippen LogP contribution in [0.5, 0.6) is 0 Å². The van der Waals surface area contributed by atoms with Gasteiger partial charge >= 0.3 is 0 Å². The van der Waals surface area contributed by atoms with Gasteiger partial charge in [-0.3, -0.25) is 20.4 Å². The van der Waals surface area contributed by atoms with Gasteiger partial charge in [-0.2, -0.15) is 0 Å². The third-order valence-electron chi connectivity index (χ3n) is 2.16. The first-order valence-electron chi connectivity index (χ1n) is 5.48. The van der Waals surface area contributed by atoms with E-state index >= 15 is 0 Å². The van der Waals surface area contributed by atoms with Gasteiger partial charge in [-0.1, -0.05) is 31.0 Å². The number of hydrogen-bond acceptors (Lipinski definition) is 2. The maximum Gasteiger partial charge on any atom is 0.269 e. The molecule has 2 N–H and O–H groups in total. The highest BCUT2D eigenvalue weighted by Gasteiger charge is 2.06. The summed E-state index contributed by atoms with van der Waals surface area (Å²) in [7, 11) is 0. The summed E-state index contributed by atoms with van der Waals surface area (Å²) in [4.78, 5) is 22.8. The largest absolute Gasteiger partial charge is 0.273 e. The quantitative estimate of drug-likeness (QED) is 0.810. The van der Waals surface area contributed by atoms with Crippen LogP contribution in [0.4, 0.5) is 0 Å². The first-order valence-corrected chi connectivity index (χ1v) is 5.86. The number of hydrogen-bond donors (Lipinski definition) is 2. The van der Waals surface area contributed by atoms with Crippen molar-refractivity contribution in [2.24, 2.45) is 0 Å². The third-order valence-corrected chi connectivity index (χ3v) is 2.39. The molecule has 0 aliphatic carbocycles. The molecule has 17 heavy (non-hydrogen) atoms. The Morgan fingerprint density at radius 1 is 1.29 bits per heavy atom. The standard InChI is InChI=1S/C12H15ClN2O2/c1-2-3-7-11(16)14-15-12(17)9-5-4-6-10(13)8-9/h4-6,8H,2-3,7H2,1H3,(H,14,16)(H,15,17). The highest BCUT2D eigenvalue weighted by Crippen LogP contribution is 2.10. The molecule has 0 radical (unpaired) electrons. The Morgan fingerprint density at radius 2 is 2.06 bits per heavy atom. The molecule has 0 atom stereocenters. The van der Waals surface area contributed by atoms with Crippen molar-refractivity contribution in [1.29, 1.82) is 0 Å². The summed E-state index contributed by atoms with van der Waals surface area (Å²) < 4.78 is 0. The normalized spacial score (nSPS) is 9.76. The molecular formula is C12H15ClN2O2. The Hall–Kier alpha value is -1.55. The maximum absolute atomic E-state index is 11.6. The second-order valence-electron chi connectivity index (χ2n) is 3.62. The molecule has 0 bridgehead atoms. The number of unbranched alkanes of at least 4 members (excludes halogenated alkanes) is 1. The number of benzene rings is 1. The van der Waals surface area contributed by atoms with Gasteiger partial charge in [0.2, 0.25) is 5.91 Å². The van der Waals surface area contributed by atoms with Crippen LogP contribution in [0, 0.1) is 0 Å². The van der Waals surface area contributed by atoms with Crippen LogP contribution in [0.25, 0.3) is 0 Å². The third kappa shape index (κ3) is 4.87. The van der Waals surface area contributed by atoms with Crippen LogP contribution in [0.15, 0.2) is 24.3 Å². The van der Waals surface area contributed by atoms with Gasteiger partial charge in [0.15, 0.2) is 0 Å². The number of rotatable bonds is 4. The van der Waals surface area contributed by atoms with Crippen molar-refractivity contribution in [2.45, 2.75) is 26.2 Å². The SMILES string of the molecule is CCCCC(=O)NNC(=O)c1cccc(Cl)c1. The minimum Gasteiger partial charge on any atom is -0.273 e. The molecule has 0 unspecified atom stereocenters. The maximum atomic E-state index is 11.6. The summed E-state index contributed by atoms with van der Waals surface area (Å²) in [6.07, 6.45) is 2.15. The number of hydrazine groups is 1. The average Bonchev–Trinajstić information content (AvgIpc) is 2.33. The summed E-state index contributed by atoms with van der Waals surface area (Å²) in [5.41, 5.74) is 5.10. The topological polar surface area (TPSA) is 58.2 Å². The number of nitrogens with one attached hydrogen (secondary N) is 2. The second kappa shape index (κ2) is 6.91. The molecule has 4 nitrogen and oxygen atoms in total. The number of carbonyl (C=O) groups is 2. The number of amides is 2. The molecule has 92 valence electrons. The Balaban J connectivity index is 2.42. The van der Waals surface area contributed by atoms with Crippen molar-refractivity contribution < 1.29 is 9.59 Å². The van der Waals surface area contributed by atoms with E-state index in [0.29, 0.717) is 17.0 Å². The van der Waals surface area contributed by atoms with Crippen LogP contribution < -0.4 is 10.9 Å². The predicted octanol–water partition coefficient (Wildman–Crippen LogP) is 2.29. The summed E-state index contributed by atoms with van der Waals surface area (Å²) >= 11 is 5.75. The van der Waals surface area contributed by atoms with E-state index in [1.54, 1.807) is 18.2 Å². The van der Waals surface area contributed by atoms with Crippen molar-refractivity contribution in [3.63, 3.8) is 0 Å². The first-order chi connectivity index (χ1) is 8.13. The van der Waals surface area contributed by atoms with Crippen LogP contribution >= 0.6 is 11.6 Å². The van der Waals surface area contributed by atoms with Crippen molar-refractivity contribution in [2.75, 3.05) is 0 Å². The lowest BCUT2D eigenvalue weighted by atomic mass is 10.2. The second-order valence-corrected chi connectivity index (χ2v) is 4.05. The number of carbonyl (C=O) groups excluding carboxylic acids is 2. The van der Waals surface area contributed by atoms with E-state index in [0.717, 1.165) is 12.8 Å². The summed E-state index contributed by atoms with van der Waals surface area (Å²) in [6, 6.07) is 6.52. The van der Waals surface area contributed by atoms with E-state index in [9.17, 15) is 9.59 Å². The minimum absolute atomic E-state index is 0.192. The fraction of sp³-hybridized carbons (Fsp3) is 0.333. The Morgan fingerprint density at radius 3 is 2.71 bits per heavy atom. The molecule has 0 aliphatic heterocycles. The van der Waals surface area contributed by atoms with Gasteiger partial charge in [0.25, 0.3) is 5.91 Å². The molecule has 0 saturated heterocycles. The lowest BCUT2D eigenvalue weighted by Gasteiger charge is -2.07. The van der Waals surface area contributed by atoms with Gasteiger partial charge in [-0.25, -0.2) is 0 Å². The zero-order chi connectivity index (χ0) is 12.7. The van der Waals surface area contributed by atoms with Crippen molar-refractivity contribution in [3.05, 3.63) is 34.9 Å². The van der Waals surface area contributed by atoms with E-state index < -0.39 is 0 Å². The van der Waals surface area contributed by atoms with Gasteiger partial charge in [0.05, 0.1) is 0 Å². The Labute approximate surface area is 105 Å². The molecule has 0 aromatic heterocycles. The van der Waals surface area contributed by atoms with Crippen molar-refractivity contribution in [1.82, 2.24) is 10.9 Å². The van der Waals surface area contributed by atoms with E-state index in [4.69, 9.17) is 11.6 Å². The zero-order valence-corrected chi connectivity index (χ0v) is 10.4. The average molecular weight is 255 g/mol. The van der Waals surface area contributed by atoms with E-state index in [1.807, 2.05) is 6.92 Å². The molecule has 0 aliphatic rings. The van der Waals surface area contributed by atoms with Gasteiger partial charge in [0.1, 0.15) is 0 Å². The fourth-order valence-corrected chi connectivity index (χ4v) is 1.42. The number of halogens is 1. The summed E-state index contributed by atoms with van der Waals surface area (Å²) in [5.74, 6) is -0.570. The van der Waals surface area contributed by atoms with Crippen molar-refractivity contribution >= 4 is 23.4 Å². The molecule has 0 saturated carbocycles. The van der Waals surface area contributed by atoms with E-state index in [1.165, 1.54) is 6.07 Å². The monoisotopic (exact) mass is 254 g/mol. The molecule has 1 rings (SSSR count). The lowest BCUT2D eigenvalue weighted by molar-refractivity contribution is -0.121. The van der Waals surface area contributed by atoms with Gasteiger partial charge < -0.3 is 0 Å². The van der Waals surface area contributed by atoms with E-state index in [2.05, 4.69) is 10.9 Å². The molecule has 0 heterocycles. The predicted molar refractivity (Wildman–Crippen MR) is 66.6 cm³/mol. The molecular weight excluding hydrogens is 240 g/mol. The van der Waals surface area contributed by atoms with Crippen molar-refractivity contribution in [3.8, 4) is 0 Å². The summed E-state index contributed by atoms with van der Waals surface area (Å²) in [5, 5.41) is 0.481. The molecule has 1 aromatic rings. The molecule has 0 fully saturated rings. The van der Waals surface area contributed by atoms with Gasteiger partial charge in [-0.15, -0.1) is 0 Å². The minimum atomic E-state index is -0.377. The van der Waals surface area contributed by atoms with Crippen LogP contribution in [-0.2, 0) is 4.79 Å². The Bertz CT molecular complexity index is 407. The first kappa shape index (κ1) is 13.5. The molecule has 0 spiro atoms. The molecule has 1 aromatic carbocycles. The molecule has 2 amide bonds.